The summed E-state index contributed by atoms with van der Waals surface area (Å²) in [5.41, 5.74) is 2.90. The number of β-amino-alcohol motifs (C(OH)–C–C–N with tert-alkyl or cyclic N) is 1. The number of carbonyl (C=O) groups is 1. The fourth-order valence-corrected chi connectivity index (χ4v) is 3.80. The molecule has 4 heterocycles. The standard InChI is InChI=1S/C20H23N5O3/c1-3-25-18-16(9-14(10-22-18)19(27)28-2)23-20(25)24-11-15(17(26)12-24)8-13-4-6-21-7-5-13/h4-7,9-10,15,17,26H,3,8,11-12H2,1-2H3/t15-,17+/m1/s1. The Kier molecular flexibility index (Phi) is 4.95. The summed E-state index contributed by atoms with van der Waals surface area (Å²) >= 11 is 0. The molecule has 0 saturated carbocycles. The van der Waals surface area contributed by atoms with E-state index in [0.717, 1.165) is 23.6 Å². The molecule has 0 aromatic carbocycles. The van der Waals surface area contributed by atoms with Crippen molar-refractivity contribution in [3.8, 4) is 0 Å². The van der Waals surface area contributed by atoms with Crippen LogP contribution in [0.15, 0.2) is 36.8 Å². The van der Waals surface area contributed by atoms with Crippen molar-refractivity contribution in [2.75, 3.05) is 25.1 Å². The van der Waals surface area contributed by atoms with Gasteiger partial charge in [0.2, 0.25) is 5.95 Å². The van der Waals surface area contributed by atoms with E-state index >= 15 is 0 Å². The van der Waals surface area contributed by atoms with Gasteiger partial charge in [-0.1, -0.05) is 0 Å². The zero-order valence-corrected chi connectivity index (χ0v) is 15.9. The van der Waals surface area contributed by atoms with Gasteiger partial charge in [0.25, 0.3) is 0 Å². The van der Waals surface area contributed by atoms with Crippen molar-refractivity contribution in [3.63, 3.8) is 0 Å². The molecule has 0 aliphatic carbocycles. The molecule has 4 rings (SSSR count). The van der Waals surface area contributed by atoms with Crippen molar-refractivity contribution < 1.29 is 14.6 Å². The number of aliphatic hydroxyl groups is 1. The Morgan fingerprint density at radius 3 is 2.82 bits per heavy atom. The number of hydrogen-bond acceptors (Lipinski definition) is 7. The third-order valence-electron chi connectivity index (χ3n) is 5.24. The number of ether oxygens (including phenoxy) is 1. The van der Waals surface area contributed by atoms with E-state index in [1.165, 1.54) is 13.3 Å². The number of aliphatic hydroxyl groups excluding tert-OH is 1. The molecule has 1 aliphatic heterocycles. The molecule has 0 unspecified atom stereocenters. The van der Waals surface area contributed by atoms with E-state index in [2.05, 4.69) is 14.9 Å². The number of aryl methyl sites for hydroxylation is 1. The van der Waals surface area contributed by atoms with Crippen molar-refractivity contribution in [2.45, 2.75) is 26.0 Å². The molecule has 0 radical (unpaired) electrons. The van der Waals surface area contributed by atoms with Gasteiger partial charge in [-0.15, -0.1) is 0 Å². The molecular formula is C20H23N5O3. The van der Waals surface area contributed by atoms with Gasteiger partial charge >= 0.3 is 5.97 Å². The van der Waals surface area contributed by atoms with E-state index in [9.17, 15) is 9.90 Å². The average Bonchev–Trinajstić information content (AvgIpc) is 3.27. The van der Waals surface area contributed by atoms with Crippen LogP contribution < -0.4 is 4.90 Å². The highest BCUT2D eigenvalue weighted by molar-refractivity contribution is 5.92. The first-order chi connectivity index (χ1) is 13.6. The van der Waals surface area contributed by atoms with Gasteiger partial charge in [-0.25, -0.2) is 14.8 Å². The predicted molar refractivity (Wildman–Crippen MR) is 104 cm³/mol. The molecule has 1 N–H and O–H groups in total. The van der Waals surface area contributed by atoms with Crippen LogP contribution in [-0.2, 0) is 17.7 Å². The Morgan fingerprint density at radius 2 is 2.11 bits per heavy atom. The molecule has 146 valence electrons. The molecule has 1 aliphatic rings. The number of hydrogen-bond donors (Lipinski definition) is 1. The van der Waals surface area contributed by atoms with E-state index in [4.69, 9.17) is 9.72 Å². The number of rotatable bonds is 5. The molecular weight excluding hydrogens is 358 g/mol. The van der Waals surface area contributed by atoms with Crippen molar-refractivity contribution in [1.29, 1.82) is 0 Å². The summed E-state index contributed by atoms with van der Waals surface area (Å²) in [6.07, 6.45) is 5.41. The largest absolute Gasteiger partial charge is 0.465 e. The molecule has 1 saturated heterocycles. The quantitative estimate of drug-likeness (QED) is 0.672. The maximum absolute atomic E-state index is 11.8. The fraction of sp³-hybridized carbons (Fsp3) is 0.400. The van der Waals surface area contributed by atoms with Crippen LogP contribution in [0, 0.1) is 5.92 Å². The summed E-state index contributed by atoms with van der Waals surface area (Å²) in [6.45, 7) is 3.94. The highest BCUT2D eigenvalue weighted by Gasteiger charge is 2.34. The summed E-state index contributed by atoms with van der Waals surface area (Å²) in [6, 6.07) is 5.66. The van der Waals surface area contributed by atoms with Gasteiger partial charge in [-0.2, -0.15) is 0 Å². The Balaban J connectivity index is 1.62. The van der Waals surface area contributed by atoms with Gasteiger partial charge in [0, 0.05) is 44.1 Å². The summed E-state index contributed by atoms with van der Waals surface area (Å²) in [7, 11) is 1.34. The first kappa shape index (κ1) is 18.4. The first-order valence-corrected chi connectivity index (χ1v) is 9.37. The zero-order chi connectivity index (χ0) is 19.7. The number of nitrogens with zero attached hydrogens (tertiary/aromatic N) is 5. The van der Waals surface area contributed by atoms with Crippen LogP contribution in [0.5, 0.6) is 0 Å². The minimum atomic E-state index is -0.434. The van der Waals surface area contributed by atoms with E-state index in [1.54, 1.807) is 18.5 Å². The maximum atomic E-state index is 11.8. The highest BCUT2D eigenvalue weighted by atomic mass is 16.5. The molecule has 3 aromatic heterocycles. The number of esters is 1. The lowest BCUT2D eigenvalue weighted by Gasteiger charge is -2.18. The SMILES string of the molecule is CCn1c(N2C[C@@H](Cc3ccncc3)[C@@H](O)C2)nc2cc(C(=O)OC)cnc21. The lowest BCUT2D eigenvalue weighted by atomic mass is 9.97. The lowest BCUT2D eigenvalue weighted by molar-refractivity contribution is 0.0600. The molecule has 2 atom stereocenters. The molecule has 0 bridgehead atoms. The van der Waals surface area contributed by atoms with Crippen LogP contribution in [0.3, 0.4) is 0 Å². The van der Waals surface area contributed by atoms with Crippen LogP contribution in [0.4, 0.5) is 5.95 Å². The molecule has 8 heteroatoms. The van der Waals surface area contributed by atoms with E-state index in [1.807, 2.05) is 23.6 Å². The first-order valence-electron chi connectivity index (χ1n) is 9.37. The van der Waals surface area contributed by atoms with Crippen molar-refractivity contribution in [1.82, 2.24) is 19.5 Å². The molecule has 0 spiro atoms. The normalized spacial score (nSPS) is 19.3. The van der Waals surface area contributed by atoms with Gasteiger partial charge in [0.05, 0.1) is 18.8 Å². The number of carbonyl (C=O) groups excluding carboxylic acids is 1. The third-order valence-corrected chi connectivity index (χ3v) is 5.24. The number of anilines is 1. The summed E-state index contributed by atoms with van der Waals surface area (Å²) in [4.78, 5) is 27.1. The lowest BCUT2D eigenvalue weighted by Crippen LogP contribution is -2.24. The summed E-state index contributed by atoms with van der Waals surface area (Å²) in [5.74, 6) is 0.449. The van der Waals surface area contributed by atoms with Crippen LogP contribution in [-0.4, -0.2) is 56.9 Å². The van der Waals surface area contributed by atoms with E-state index < -0.39 is 12.1 Å². The topological polar surface area (TPSA) is 93.4 Å². The number of pyridine rings is 2. The molecule has 1 fully saturated rings. The van der Waals surface area contributed by atoms with Crippen molar-refractivity contribution in [3.05, 3.63) is 47.9 Å². The minimum absolute atomic E-state index is 0.117. The highest BCUT2D eigenvalue weighted by Crippen LogP contribution is 2.29. The second-order valence-corrected chi connectivity index (χ2v) is 7.01. The number of aromatic nitrogens is 4. The van der Waals surface area contributed by atoms with Gasteiger partial charge in [0.15, 0.2) is 5.65 Å². The Labute approximate surface area is 162 Å². The van der Waals surface area contributed by atoms with E-state index in [0.29, 0.717) is 30.7 Å². The molecule has 3 aromatic rings. The van der Waals surface area contributed by atoms with Crippen molar-refractivity contribution >= 4 is 23.1 Å². The van der Waals surface area contributed by atoms with Gasteiger partial charge in [-0.05, 0) is 37.1 Å². The number of imidazole rings is 1. The predicted octanol–water partition coefficient (Wildman–Crippen LogP) is 1.67. The summed E-state index contributed by atoms with van der Waals surface area (Å²) in [5, 5.41) is 10.6. The molecule has 0 amide bonds. The van der Waals surface area contributed by atoms with Crippen molar-refractivity contribution in [2.24, 2.45) is 5.92 Å². The Hall–Kier alpha value is -3.00. The second-order valence-electron chi connectivity index (χ2n) is 7.01. The van der Waals surface area contributed by atoms with Gasteiger partial charge < -0.3 is 14.7 Å². The van der Waals surface area contributed by atoms with Crippen LogP contribution in [0.1, 0.15) is 22.8 Å². The fourth-order valence-electron chi connectivity index (χ4n) is 3.80. The van der Waals surface area contributed by atoms with Crippen LogP contribution in [0.25, 0.3) is 11.2 Å². The second kappa shape index (κ2) is 7.55. The smallest absolute Gasteiger partial charge is 0.339 e. The van der Waals surface area contributed by atoms with Gasteiger partial charge in [0.1, 0.15) is 5.52 Å². The number of methoxy groups -OCH3 is 1. The Morgan fingerprint density at radius 1 is 1.32 bits per heavy atom. The monoisotopic (exact) mass is 381 g/mol. The number of fused-ring (bicyclic) bond motifs is 1. The zero-order valence-electron chi connectivity index (χ0n) is 15.9. The molecule has 8 nitrogen and oxygen atoms in total. The average molecular weight is 381 g/mol. The molecule has 28 heavy (non-hydrogen) atoms. The maximum Gasteiger partial charge on any atom is 0.339 e. The van der Waals surface area contributed by atoms with Crippen LogP contribution >= 0.6 is 0 Å². The van der Waals surface area contributed by atoms with E-state index in [-0.39, 0.29) is 5.92 Å². The van der Waals surface area contributed by atoms with Crippen LogP contribution in [0.2, 0.25) is 0 Å². The third kappa shape index (κ3) is 3.31. The van der Waals surface area contributed by atoms with Gasteiger partial charge in [-0.3, -0.25) is 9.55 Å². The minimum Gasteiger partial charge on any atom is -0.465 e. The Bertz CT molecular complexity index is 988. The summed E-state index contributed by atoms with van der Waals surface area (Å²) < 4.78 is 6.78.